The van der Waals surface area contributed by atoms with Gasteiger partial charge >= 0.3 is 0 Å². The highest BCUT2D eigenvalue weighted by molar-refractivity contribution is 6.02. The van der Waals surface area contributed by atoms with Gasteiger partial charge in [-0.15, -0.1) is 0 Å². The van der Waals surface area contributed by atoms with E-state index < -0.39 is 0 Å². The van der Waals surface area contributed by atoms with Crippen LogP contribution in [0.3, 0.4) is 0 Å². The summed E-state index contributed by atoms with van der Waals surface area (Å²) in [6.07, 6.45) is 4.19. The molecule has 29 heavy (non-hydrogen) atoms. The molecule has 0 saturated heterocycles. The van der Waals surface area contributed by atoms with Gasteiger partial charge in [0.25, 0.3) is 0 Å². The van der Waals surface area contributed by atoms with Crippen LogP contribution in [0.2, 0.25) is 0 Å². The molecular formula is C25H21N3O. The van der Waals surface area contributed by atoms with Crippen molar-refractivity contribution in [3.05, 3.63) is 101 Å². The van der Waals surface area contributed by atoms with Crippen LogP contribution in [-0.4, -0.2) is 12.5 Å². The summed E-state index contributed by atoms with van der Waals surface area (Å²) in [4.78, 5) is 14.8. The first kappa shape index (κ1) is 18.5. The molecule has 4 nitrogen and oxygen atoms in total. The number of hydrogen-bond donors (Lipinski definition) is 1. The van der Waals surface area contributed by atoms with Gasteiger partial charge in [0, 0.05) is 30.5 Å². The molecule has 1 N–H and O–H groups in total. The number of nitrogens with one attached hydrogen (secondary N) is 1. The number of carbonyl (C=O) groups excluding carboxylic acids is 1. The zero-order valence-electron chi connectivity index (χ0n) is 16.0. The van der Waals surface area contributed by atoms with Crippen LogP contribution in [0.5, 0.6) is 0 Å². The fourth-order valence-corrected chi connectivity index (χ4v) is 3.64. The van der Waals surface area contributed by atoms with Gasteiger partial charge in [0.2, 0.25) is 5.91 Å². The van der Waals surface area contributed by atoms with Crippen LogP contribution in [0.15, 0.2) is 78.9 Å². The number of benzene rings is 3. The third kappa shape index (κ3) is 4.20. The number of rotatable bonds is 5. The van der Waals surface area contributed by atoms with Crippen LogP contribution < -0.4 is 10.2 Å². The first-order chi connectivity index (χ1) is 14.2. The number of carbonyl (C=O) groups is 1. The van der Waals surface area contributed by atoms with Crippen molar-refractivity contribution in [1.29, 1.82) is 5.26 Å². The Labute approximate surface area is 170 Å². The average Bonchev–Trinajstić information content (AvgIpc) is 3.17. The quantitative estimate of drug-likeness (QED) is 0.650. The van der Waals surface area contributed by atoms with Crippen molar-refractivity contribution in [3.8, 4) is 6.07 Å². The standard InChI is InChI=1S/C25H21N3O/c26-17-21-9-2-1-7-19(21)13-14-25(29)27-23-11-5-3-10-22(23)18-28-16-15-20-8-4-6-12-24(20)28/h1-14H,15-16,18H2,(H,27,29)/b14-13+. The molecule has 142 valence electrons. The third-order valence-electron chi connectivity index (χ3n) is 5.12. The van der Waals surface area contributed by atoms with Crippen molar-refractivity contribution in [1.82, 2.24) is 0 Å². The number of nitrogens with zero attached hydrogens (tertiary/aromatic N) is 2. The van der Waals surface area contributed by atoms with Crippen LogP contribution in [-0.2, 0) is 17.8 Å². The maximum atomic E-state index is 12.5. The van der Waals surface area contributed by atoms with E-state index in [4.69, 9.17) is 0 Å². The van der Waals surface area contributed by atoms with Crippen molar-refractivity contribution in [3.63, 3.8) is 0 Å². The van der Waals surface area contributed by atoms with Gasteiger partial charge in [-0.2, -0.15) is 5.26 Å². The minimum absolute atomic E-state index is 0.216. The summed E-state index contributed by atoms with van der Waals surface area (Å²) in [6, 6.07) is 25.7. The highest BCUT2D eigenvalue weighted by atomic mass is 16.1. The topological polar surface area (TPSA) is 56.1 Å². The first-order valence-corrected chi connectivity index (χ1v) is 9.63. The Morgan fingerprint density at radius 2 is 1.79 bits per heavy atom. The van der Waals surface area contributed by atoms with E-state index in [-0.39, 0.29) is 5.91 Å². The van der Waals surface area contributed by atoms with E-state index in [1.165, 1.54) is 17.3 Å². The molecule has 3 aromatic rings. The molecule has 0 aromatic heterocycles. The second-order valence-electron chi connectivity index (χ2n) is 6.98. The number of fused-ring (bicyclic) bond motifs is 1. The summed E-state index contributed by atoms with van der Waals surface area (Å²) in [5, 5.41) is 12.2. The zero-order chi connectivity index (χ0) is 20.1. The van der Waals surface area contributed by atoms with Crippen molar-refractivity contribution >= 4 is 23.4 Å². The van der Waals surface area contributed by atoms with Crippen molar-refractivity contribution in [2.45, 2.75) is 13.0 Å². The predicted molar refractivity (Wildman–Crippen MR) is 116 cm³/mol. The Balaban J connectivity index is 1.48. The Bertz CT molecular complexity index is 1110. The van der Waals surface area contributed by atoms with E-state index in [9.17, 15) is 10.1 Å². The molecule has 0 atom stereocenters. The molecule has 0 spiro atoms. The lowest BCUT2D eigenvalue weighted by Gasteiger charge is -2.21. The molecule has 4 heteroatoms. The first-order valence-electron chi connectivity index (χ1n) is 9.63. The van der Waals surface area contributed by atoms with Gasteiger partial charge in [0.05, 0.1) is 11.6 Å². The predicted octanol–water partition coefficient (Wildman–Crippen LogP) is 4.77. The fraction of sp³-hybridized carbons (Fsp3) is 0.120. The molecular weight excluding hydrogens is 358 g/mol. The normalized spacial score (nSPS) is 12.6. The van der Waals surface area contributed by atoms with Crippen LogP contribution in [0, 0.1) is 11.3 Å². The number of amides is 1. The molecule has 3 aromatic carbocycles. The number of nitriles is 1. The van der Waals surface area contributed by atoms with Gasteiger partial charge < -0.3 is 10.2 Å². The lowest BCUT2D eigenvalue weighted by molar-refractivity contribution is -0.111. The smallest absolute Gasteiger partial charge is 0.248 e. The average molecular weight is 379 g/mol. The van der Waals surface area contributed by atoms with Gasteiger partial charge in [-0.25, -0.2) is 0 Å². The summed E-state index contributed by atoms with van der Waals surface area (Å²) < 4.78 is 0. The Hall–Kier alpha value is -3.84. The van der Waals surface area contributed by atoms with Gasteiger partial charge in [-0.1, -0.05) is 54.6 Å². The molecule has 1 amide bonds. The summed E-state index contributed by atoms with van der Waals surface area (Å²) in [5.41, 5.74) is 5.79. The van der Waals surface area contributed by atoms with Crippen molar-refractivity contribution in [2.75, 3.05) is 16.8 Å². The minimum Gasteiger partial charge on any atom is -0.367 e. The Kier molecular flexibility index (Phi) is 5.40. The second kappa shape index (κ2) is 8.45. The molecule has 1 heterocycles. The van der Waals surface area contributed by atoms with E-state index >= 15 is 0 Å². The maximum Gasteiger partial charge on any atom is 0.248 e. The van der Waals surface area contributed by atoms with Crippen molar-refractivity contribution in [2.24, 2.45) is 0 Å². The van der Waals surface area contributed by atoms with Crippen LogP contribution in [0.25, 0.3) is 6.08 Å². The molecule has 0 aliphatic carbocycles. The molecule has 1 aliphatic heterocycles. The molecule has 0 bridgehead atoms. The highest BCUT2D eigenvalue weighted by Crippen LogP contribution is 2.30. The largest absolute Gasteiger partial charge is 0.367 e. The fourth-order valence-electron chi connectivity index (χ4n) is 3.64. The van der Waals surface area contributed by atoms with E-state index in [2.05, 4.69) is 40.6 Å². The lowest BCUT2D eigenvalue weighted by atomic mass is 10.1. The second-order valence-corrected chi connectivity index (χ2v) is 6.98. The number of anilines is 2. The SMILES string of the molecule is N#Cc1ccccc1/C=C/C(=O)Nc1ccccc1CN1CCc2ccccc21. The van der Waals surface area contributed by atoms with Gasteiger partial charge in [-0.3, -0.25) is 4.79 Å². The molecule has 0 saturated carbocycles. The molecule has 0 radical (unpaired) electrons. The van der Waals surface area contributed by atoms with Gasteiger partial charge in [0.1, 0.15) is 0 Å². The van der Waals surface area contributed by atoms with E-state index in [1.807, 2.05) is 42.5 Å². The van der Waals surface area contributed by atoms with E-state index in [0.29, 0.717) is 5.56 Å². The number of hydrogen-bond acceptors (Lipinski definition) is 3. The summed E-state index contributed by atoms with van der Waals surface area (Å²) in [5.74, 6) is -0.216. The summed E-state index contributed by atoms with van der Waals surface area (Å²) in [7, 11) is 0. The van der Waals surface area contributed by atoms with Gasteiger partial charge in [-0.05, 0) is 47.4 Å². The molecule has 4 rings (SSSR count). The van der Waals surface area contributed by atoms with Gasteiger partial charge in [0.15, 0.2) is 0 Å². The van der Waals surface area contributed by atoms with Crippen LogP contribution in [0.1, 0.15) is 22.3 Å². The van der Waals surface area contributed by atoms with Crippen molar-refractivity contribution < 1.29 is 4.79 Å². The van der Waals surface area contributed by atoms with Crippen LogP contribution in [0.4, 0.5) is 11.4 Å². The summed E-state index contributed by atoms with van der Waals surface area (Å²) in [6.45, 7) is 1.72. The third-order valence-corrected chi connectivity index (χ3v) is 5.12. The lowest BCUT2D eigenvalue weighted by Crippen LogP contribution is -2.21. The highest BCUT2D eigenvalue weighted by Gasteiger charge is 2.19. The Morgan fingerprint density at radius 3 is 2.69 bits per heavy atom. The van der Waals surface area contributed by atoms with E-state index in [0.717, 1.165) is 36.3 Å². The molecule has 0 unspecified atom stereocenters. The van der Waals surface area contributed by atoms with E-state index in [1.54, 1.807) is 12.1 Å². The maximum absolute atomic E-state index is 12.5. The Morgan fingerprint density at radius 1 is 1.03 bits per heavy atom. The number of para-hydroxylation sites is 2. The molecule has 0 fully saturated rings. The zero-order valence-corrected chi connectivity index (χ0v) is 16.0. The monoisotopic (exact) mass is 379 g/mol. The summed E-state index contributed by atoms with van der Waals surface area (Å²) >= 11 is 0. The minimum atomic E-state index is -0.216. The molecule has 1 aliphatic rings. The van der Waals surface area contributed by atoms with Crippen LogP contribution >= 0.6 is 0 Å².